The number of rotatable bonds is 6. The Bertz CT molecular complexity index is 551. The van der Waals surface area contributed by atoms with Crippen molar-refractivity contribution in [1.29, 1.82) is 5.26 Å². The average Bonchev–Trinajstić information content (AvgIpc) is 2.81. The van der Waals surface area contributed by atoms with E-state index in [-0.39, 0.29) is 0 Å². The molecule has 0 radical (unpaired) electrons. The lowest BCUT2D eigenvalue weighted by molar-refractivity contribution is 0.450. The molecule has 19 heavy (non-hydrogen) atoms. The molecule has 1 aromatic carbocycles. The quantitative estimate of drug-likeness (QED) is 0.791. The van der Waals surface area contributed by atoms with E-state index in [0.717, 1.165) is 23.7 Å². The number of nitrogens with zero attached hydrogens (tertiary/aromatic N) is 1. The van der Waals surface area contributed by atoms with Gasteiger partial charge in [-0.3, -0.25) is 5.32 Å². The van der Waals surface area contributed by atoms with E-state index in [4.69, 9.17) is 0 Å². The van der Waals surface area contributed by atoms with Crippen LogP contribution in [0.3, 0.4) is 0 Å². The third-order valence-corrected chi connectivity index (χ3v) is 4.12. The first-order chi connectivity index (χ1) is 9.17. The zero-order chi connectivity index (χ0) is 13.7. The predicted molar refractivity (Wildman–Crippen MR) is 81.3 cm³/mol. The second-order valence-corrected chi connectivity index (χ2v) is 5.93. The van der Waals surface area contributed by atoms with Gasteiger partial charge in [-0.05, 0) is 32.0 Å². The molecule has 0 saturated heterocycles. The van der Waals surface area contributed by atoms with E-state index in [2.05, 4.69) is 34.6 Å². The summed E-state index contributed by atoms with van der Waals surface area (Å²) in [5, 5.41) is 14.8. The molecule has 0 fully saturated rings. The van der Waals surface area contributed by atoms with E-state index in [9.17, 15) is 5.26 Å². The fraction of sp³-hybridized carbons (Fsp3) is 0.400. The average molecular weight is 273 g/mol. The van der Waals surface area contributed by atoms with Gasteiger partial charge in [0.15, 0.2) is 0 Å². The first-order valence-corrected chi connectivity index (χ1v) is 7.52. The Hall–Kier alpha value is -1.44. The number of H-pyrrole nitrogens is 1. The highest BCUT2D eigenvalue weighted by molar-refractivity contribution is 7.99. The molecule has 100 valence electrons. The maximum absolute atomic E-state index is 9.20. The van der Waals surface area contributed by atoms with Crippen LogP contribution in [-0.4, -0.2) is 22.8 Å². The molecule has 0 spiro atoms. The fourth-order valence-electron chi connectivity index (χ4n) is 2.06. The third-order valence-electron chi connectivity index (χ3n) is 3.18. The minimum Gasteiger partial charge on any atom is -0.350 e. The monoisotopic (exact) mass is 273 g/mol. The van der Waals surface area contributed by atoms with Crippen LogP contribution in [0, 0.1) is 11.3 Å². The van der Waals surface area contributed by atoms with E-state index in [0.29, 0.717) is 0 Å². The summed E-state index contributed by atoms with van der Waals surface area (Å²) >= 11 is 1.77. The molecule has 1 heterocycles. The summed E-state index contributed by atoms with van der Waals surface area (Å²) in [7, 11) is 0. The Balaban J connectivity index is 1.94. The van der Waals surface area contributed by atoms with Gasteiger partial charge in [-0.2, -0.15) is 5.26 Å². The van der Waals surface area contributed by atoms with Gasteiger partial charge in [0.25, 0.3) is 0 Å². The van der Waals surface area contributed by atoms with E-state index in [1.807, 2.05) is 26.0 Å². The summed E-state index contributed by atoms with van der Waals surface area (Å²) in [6.45, 7) is 4.81. The van der Waals surface area contributed by atoms with Crippen LogP contribution in [0.2, 0.25) is 0 Å². The number of aromatic amines is 1. The van der Waals surface area contributed by atoms with Crippen molar-refractivity contribution in [3.8, 4) is 6.07 Å². The third kappa shape index (κ3) is 3.52. The number of aromatic nitrogens is 1. The number of para-hydroxylation sites is 1. The molecule has 1 unspecified atom stereocenters. The smallest absolute Gasteiger partial charge is 0.104 e. The number of thioether (sulfide) groups is 1. The summed E-state index contributed by atoms with van der Waals surface area (Å²) in [6, 6.07) is 12.8. The topological polar surface area (TPSA) is 51.6 Å². The molecular weight excluding hydrogens is 254 g/mol. The molecule has 1 atom stereocenters. The minimum absolute atomic E-state index is 0.423. The first kappa shape index (κ1) is 14.0. The number of nitrogens with one attached hydrogen (secondary N) is 2. The number of nitriles is 1. The summed E-state index contributed by atoms with van der Waals surface area (Å²) in [5.41, 5.74) is 0.744. The van der Waals surface area contributed by atoms with Gasteiger partial charge in [-0.15, -0.1) is 11.8 Å². The van der Waals surface area contributed by atoms with E-state index >= 15 is 0 Å². The van der Waals surface area contributed by atoms with Gasteiger partial charge in [0.1, 0.15) is 5.54 Å². The van der Waals surface area contributed by atoms with Gasteiger partial charge >= 0.3 is 0 Å². The van der Waals surface area contributed by atoms with Crippen LogP contribution in [0.15, 0.2) is 35.4 Å². The van der Waals surface area contributed by atoms with Crippen molar-refractivity contribution in [2.75, 3.05) is 12.3 Å². The highest BCUT2D eigenvalue weighted by atomic mass is 32.2. The first-order valence-electron chi connectivity index (χ1n) is 6.54. The largest absolute Gasteiger partial charge is 0.350 e. The fourth-order valence-corrected chi connectivity index (χ4v) is 3.19. The lowest BCUT2D eigenvalue weighted by atomic mass is 10.0. The van der Waals surface area contributed by atoms with Crippen LogP contribution < -0.4 is 5.32 Å². The van der Waals surface area contributed by atoms with Crippen LogP contribution in [0.4, 0.5) is 0 Å². The van der Waals surface area contributed by atoms with Crippen LogP contribution >= 0.6 is 11.8 Å². The normalized spacial score (nSPS) is 14.2. The lowest BCUT2D eigenvalue weighted by Gasteiger charge is -2.21. The molecule has 0 aliphatic carbocycles. The number of hydrogen-bond acceptors (Lipinski definition) is 3. The van der Waals surface area contributed by atoms with Crippen molar-refractivity contribution in [3.63, 3.8) is 0 Å². The van der Waals surface area contributed by atoms with Crippen molar-refractivity contribution >= 4 is 22.7 Å². The molecule has 0 saturated carbocycles. The molecular formula is C15H19N3S. The van der Waals surface area contributed by atoms with Gasteiger partial charge in [-0.25, -0.2) is 0 Å². The Morgan fingerprint density at radius 1 is 1.42 bits per heavy atom. The minimum atomic E-state index is -0.423. The van der Waals surface area contributed by atoms with Gasteiger partial charge in [0.05, 0.1) is 11.1 Å². The van der Waals surface area contributed by atoms with Crippen LogP contribution in [0.25, 0.3) is 10.9 Å². The summed E-state index contributed by atoms with van der Waals surface area (Å²) in [6.07, 6.45) is 0.831. The van der Waals surface area contributed by atoms with Crippen molar-refractivity contribution in [2.45, 2.75) is 30.8 Å². The molecule has 2 aromatic rings. The van der Waals surface area contributed by atoms with Gasteiger partial charge < -0.3 is 4.98 Å². The van der Waals surface area contributed by atoms with Crippen molar-refractivity contribution < 1.29 is 0 Å². The van der Waals surface area contributed by atoms with Crippen molar-refractivity contribution in [1.82, 2.24) is 10.3 Å². The van der Waals surface area contributed by atoms with Gasteiger partial charge in [-0.1, -0.05) is 25.1 Å². The van der Waals surface area contributed by atoms with E-state index in [1.165, 1.54) is 10.9 Å². The second-order valence-electron chi connectivity index (χ2n) is 4.79. The zero-order valence-corrected chi connectivity index (χ0v) is 12.2. The van der Waals surface area contributed by atoms with Crippen molar-refractivity contribution in [2.24, 2.45) is 0 Å². The molecule has 0 amide bonds. The SMILES string of the molecule is CCNC(C)(C#N)CCSc1cc2ccccc2[nH]1. The van der Waals surface area contributed by atoms with E-state index in [1.54, 1.807) is 11.8 Å². The second kappa shape index (κ2) is 6.14. The molecule has 0 bridgehead atoms. The molecule has 1 aromatic heterocycles. The molecule has 4 heteroatoms. The Labute approximate surface area is 118 Å². The van der Waals surface area contributed by atoms with Crippen molar-refractivity contribution in [3.05, 3.63) is 30.3 Å². The maximum Gasteiger partial charge on any atom is 0.104 e. The summed E-state index contributed by atoms with van der Waals surface area (Å²) < 4.78 is 0. The van der Waals surface area contributed by atoms with E-state index < -0.39 is 5.54 Å². The highest BCUT2D eigenvalue weighted by Gasteiger charge is 2.21. The van der Waals surface area contributed by atoms with Gasteiger partial charge in [0.2, 0.25) is 0 Å². The van der Waals surface area contributed by atoms with Gasteiger partial charge in [0, 0.05) is 16.7 Å². The number of benzene rings is 1. The standard InChI is InChI=1S/C15H19N3S/c1-3-17-15(2,11-16)8-9-19-14-10-12-6-4-5-7-13(12)18-14/h4-7,10,17-18H,3,8-9H2,1-2H3. The molecule has 3 nitrogen and oxygen atoms in total. The Morgan fingerprint density at radius 3 is 2.89 bits per heavy atom. The molecule has 2 N–H and O–H groups in total. The Morgan fingerprint density at radius 2 is 2.21 bits per heavy atom. The number of fused-ring (bicyclic) bond motifs is 1. The van der Waals surface area contributed by atoms with Crippen LogP contribution in [-0.2, 0) is 0 Å². The summed E-state index contributed by atoms with van der Waals surface area (Å²) in [5.74, 6) is 0.921. The molecule has 0 aliphatic heterocycles. The predicted octanol–water partition coefficient (Wildman–Crippen LogP) is 3.54. The van der Waals surface area contributed by atoms with Crippen LogP contribution in [0.5, 0.6) is 0 Å². The lowest BCUT2D eigenvalue weighted by Crippen LogP contribution is -2.41. The number of hydrogen-bond donors (Lipinski definition) is 2. The highest BCUT2D eigenvalue weighted by Crippen LogP contribution is 2.25. The Kier molecular flexibility index (Phi) is 4.52. The maximum atomic E-state index is 9.20. The molecule has 2 rings (SSSR count). The summed E-state index contributed by atoms with van der Waals surface area (Å²) in [4.78, 5) is 3.39. The van der Waals surface area contributed by atoms with Crippen LogP contribution in [0.1, 0.15) is 20.3 Å². The molecule has 0 aliphatic rings. The zero-order valence-electron chi connectivity index (χ0n) is 11.4.